The standard InChI is InChI=1S/C10H12N4O3/c1-2-13-5-8(11)9(15)14(10(13)16)4-7-3-12-17-6-7/h3,5-6H,2,4,11H2,1H3. The molecule has 2 heterocycles. The lowest BCUT2D eigenvalue weighted by Gasteiger charge is -2.08. The summed E-state index contributed by atoms with van der Waals surface area (Å²) >= 11 is 0. The molecule has 0 aromatic carbocycles. The molecular formula is C10H12N4O3. The number of nitrogen functional groups attached to an aromatic ring is 1. The Labute approximate surface area is 96.1 Å². The highest BCUT2D eigenvalue weighted by atomic mass is 16.5. The van der Waals surface area contributed by atoms with Gasteiger partial charge in [0.05, 0.1) is 12.7 Å². The Morgan fingerprint density at radius 1 is 1.47 bits per heavy atom. The van der Waals surface area contributed by atoms with Crippen molar-refractivity contribution in [2.24, 2.45) is 0 Å². The Bertz CT molecular complexity index is 624. The summed E-state index contributed by atoms with van der Waals surface area (Å²) in [5, 5.41) is 3.51. The van der Waals surface area contributed by atoms with Crippen LogP contribution in [0.5, 0.6) is 0 Å². The van der Waals surface area contributed by atoms with Gasteiger partial charge in [-0.1, -0.05) is 5.16 Å². The van der Waals surface area contributed by atoms with E-state index in [4.69, 9.17) is 5.73 Å². The summed E-state index contributed by atoms with van der Waals surface area (Å²) in [6.07, 6.45) is 4.19. The van der Waals surface area contributed by atoms with Crippen molar-refractivity contribution in [3.05, 3.63) is 45.1 Å². The summed E-state index contributed by atoms with van der Waals surface area (Å²) < 4.78 is 7.09. The van der Waals surface area contributed by atoms with Crippen LogP contribution >= 0.6 is 0 Å². The molecule has 0 radical (unpaired) electrons. The molecule has 0 saturated carbocycles. The number of nitrogens with zero attached hydrogens (tertiary/aromatic N) is 3. The highest BCUT2D eigenvalue weighted by Crippen LogP contribution is 1.98. The zero-order valence-corrected chi connectivity index (χ0v) is 9.29. The first-order chi connectivity index (χ1) is 8.13. The summed E-state index contributed by atoms with van der Waals surface area (Å²) in [5.41, 5.74) is 5.35. The molecule has 0 saturated heterocycles. The van der Waals surface area contributed by atoms with Crippen molar-refractivity contribution in [2.75, 3.05) is 5.73 Å². The molecule has 0 aliphatic rings. The highest BCUT2D eigenvalue weighted by Gasteiger charge is 2.09. The predicted molar refractivity (Wildman–Crippen MR) is 60.7 cm³/mol. The fourth-order valence-electron chi connectivity index (χ4n) is 1.53. The monoisotopic (exact) mass is 236 g/mol. The van der Waals surface area contributed by atoms with E-state index in [1.165, 1.54) is 23.2 Å². The maximum absolute atomic E-state index is 11.9. The lowest BCUT2D eigenvalue weighted by atomic mass is 10.3. The molecule has 2 aromatic heterocycles. The molecule has 0 fully saturated rings. The average Bonchev–Trinajstić information content (AvgIpc) is 2.82. The minimum Gasteiger partial charge on any atom is -0.393 e. The molecular weight excluding hydrogens is 224 g/mol. The Kier molecular flexibility index (Phi) is 2.82. The smallest absolute Gasteiger partial charge is 0.331 e. The van der Waals surface area contributed by atoms with Gasteiger partial charge in [-0.2, -0.15) is 0 Å². The van der Waals surface area contributed by atoms with E-state index in [2.05, 4.69) is 9.68 Å². The maximum Gasteiger partial charge on any atom is 0.331 e. The third-order valence-electron chi connectivity index (χ3n) is 2.43. The van der Waals surface area contributed by atoms with Gasteiger partial charge in [-0.15, -0.1) is 0 Å². The number of aromatic nitrogens is 3. The van der Waals surface area contributed by atoms with Crippen molar-refractivity contribution >= 4 is 5.69 Å². The van der Waals surface area contributed by atoms with Gasteiger partial charge in [0.1, 0.15) is 12.0 Å². The van der Waals surface area contributed by atoms with Gasteiger partial charge in [-0.25, -0.2) is 4.79 Å². The summed E-state index contributed by atoms with van der Waals surface area (Å²) in [5.74, 6) is 0. The number of rotatable bonds is 3. The van der Waals surface area contributed by atoms with Gasteiger partial charge < -0.3 is 10.3 Å². The van der Waals surface area contributed by atoms with Crippen LogP contribution in [0, 0.1) is 0 Å². The number of anilines is 1. The van der Waals surface area contributed by atoms with Crippen molar-refractivity contribution in [2.45, 2.75) is 20.0 Å². The lowest BCUT2D eigenvalue weighted by Crippen LogP contribution is -2.40. The number of nitrogens with two attached hydrogens (primary N) is 1. The van der Waals surface area contributed by atoms with E-state index in [1.54, 1.807) is 6.92 Å². The Balaban J connectivity index is 2.56. The van der Waals surface area contributed by atoms with E-state index in [9.17, 15) is 9.59 Å². The van der Waals surface area contributed by atoms with Gasteiger partial charge >= 0.3 is 5.69 Å². The normalized spacial score (nSPS) is 10.6. The van der Waals surface area contributed by atoms with E-state index < -0.39 is 11.2 Å². The minimum atomic E-state index is -0.499. The Hall–Kier alpha value is -2.31. The molecule has 0 spiro atoms. The fraction of sp³-hybridized carbons (Fsp3) is 0.300. The van der Waals surface area contributed by atoms with Gasteiger partial charge in [0.25, 0.3) is 5.56 Å². The third kappa shape index (κ3) is 1.99. The fourth-order valence-corrected chi connectivity index (χ4v) is 1.53. The number of hydrogen-bond acceptors (Lipinski definition) is 5. The zero-order chi connectivity index (χ0) is 12.4. The zero-order valence-electron chi connectivity index (χ0n) is 9.29. The molecule has 0 atom stereocenters. The summed E-state index contributed by atoms with van der Waals surface area (Å²) in [6.45, 7) is 2.36. The van der Waals surface area contributed by atoms with Crippen molar-refractivity contribution in [3.8, 4) is 0 Å². The van der Waals surface area contributed by atoms with Crippen molar-refractivity contribution in [1.82, 2.24) is 14.3 Å². The molecule has 0 bridgehead atoms. The van der Waals surface area contributed by atoms with E-state index in [-0.39, 0.29) is 12.2 Å². The summed E-state index contributed by atoms with van der Waals surface area (Å²) in [7, 11) is 0. The SMILES string of the molecule is CCn1cc(N)c(=O)n(Cc2cnoc2)c1=O. The molecule has 7 heteroatoms. The second-order valence-corrected chi connectivity index (χ2v) is 3.58. The summed E-state index contributed by atoms with van der Waals surface area (Å²) in [6, 6.07) is 0. The molecule has 2 rings (SSSR count). The van der Waals surface area contributed by atoms with E-state index >= 15 is 0 Å². The van der Waals surface area contributed by atoms with E-state index in [0.717, 1.165) is 4.57 Å². The Morgan fingerprint density at radius 3 is 2.82 bits per heavy atom. The van der Waals surface area contributed by atoms with Crippen LogP contribution in [-0.2, 0) is 13.1 Å². The number of aryl methyl sites for hydroxylation is 1. The van der Waals surface area contributed by atoms with Gasteiger partial charge in [0.15, 0.2) is 0 Å². The van der Waals surface area contributed by atoms with Crippen molar-refractivity contribution < 1.29 is 4.52 Å². The Morgan fingerprint density at radius 2 is 2.24 bits per heavy atom. The van der Waals surface area contributed by atoms with Gasteiger partial charge in [0.2, 0.25) is 0 Å². The van der Waals surface area contributed by atoms with Gasteiger partial charge in [-0.05, 0) is 6.92 Å². The molecule has 2 aromatic rings. The van der Waals surface area contributed by atoms with Crippen molar-refractivity contribution in [3.63, 3.8) is 0 Å². The highest BCUT2D eigenvalue weighted by molar-refractivity contribution is 5.31. The minimum absolute atomic E-state index is 0.0444. The van der Waals surface area contributed by atoms with Crippen LogP contribution in [0.3, 0.4) is 0 Å². The lowest BCUT2D eigenvalue weighted by molar-refractivity contribution is 0.418. The van der Waals surface area contributed by atoms with E-state index in [0.29, 0.717) is 12.1 Å². The van der Waals surface area contributed by atoms with Crippen LogP contribution in [0.15, 0.2) is 32.8 Å². The molecule has 0 amide bonds. The van der Waals surface area contributed by atoms with Crippen LogP contribution in [0.25, 0.3) is 0 Å². The van der Waals surface area contributed by atoms with Crippen LogP contribution in [-0.4, -0.2) is 14.3 Å². The van der Waals surface area contributed by atoms with Gasteiger partial charge in [0, 0.05) is 18.3 Å². The van der Waals surface area contributed by atoms with Crippen LogP contribution < -0.4 is 17.0 Å². The first-order valence-corrected chi connectivity index (χ1v) is 5.11. The molecule has 0 unspecified atom stereocenters. The van der Waals surface area contributed by atoms with Crippen molar-refractivity contribution in [1.29, 1.82) is 0 Å². The van der Waals surface area contributed by atoms with Crippen LogP contribution in [0.1, 0.15) is 12.5 Å². The molecule has 17 heavy (non-hydrogen) atoms. The molecule has 0 aliphatic carbocycles. The quantitative estimate of drug-likeness (QED) is 0.785. The average molecular weight is 236 g/mol. The van der Waals surface area contributed by atoms with Crippen LogP contribution in [0.2, 0.25) is 0 Å². The second-order valence-electron chi connectivity index (χ2n) is 3.58. The summed E-state index contributed by atoms with van der Waals surface area (Å²) in [4.78, 5) is 23.7. The first-order valence-electron chi connectivity index (χ1n) is 5.11. The third-order valence-corrected chi connectivity index (χ3v) is 2.43. The number of hydrogen-bond donors (Lipinski definition) is 1. The predicted octanol–water partition coefficient (Wildman–Crippen LogP) is -0.352. The molecule has 7 nitrogen and oxygen atoms in total. The van der Waals surface area contributed by atoms with Gasteiger partial charge in [-0.3, -0.25) is 13.9 Å². The van der Waals surface area contributed by atoms with Crippen LogP contribution in [0.4, 0.5) is 5.69 Å². The molecule has 90 valence electrons. The molecule has 2 N–H and O–H groups in total. The second kappa shape index (κ2) is 4.28. The van der Waals surface area contributed by atoms with E-state index in [1.807, 2.05) is 0 Å². The largest absolute Gasteiger partial charge is 0.393 e. The molecule has 0 aliphatic heterocycles. The first kappa shape index (κ1) is 11.2. The maximum atomic E-state index is 11.9. The topological polar surface area (TPSA) is 96.1 Å².